The van der Waals surface area contributed by atoms with E-state index < -0.39 is 0 Å². The number of fused-ring (bicyclic) bond motifs is 1. The van der Waals surface area contributed by atoms with Gasteiger partial charge in [-0.05, 0) is 49.7 Å². The molecular formula is C22H24ClNO4. The molecule has 0 saturated heterocycles. The Hall–Kier alpha value is -2.50. The van der Waals surface area contributed by atoms with Crippen LogP contribution in [0.5, 0.6) is 11.5 Å². The van der Waals surface area contributed by atoms with Crippen molar-refractivity contribution in [3.63, 3.8) is 0 Å². The smallest absolute Gasteiger partial charge is 0.161 e. The third-order valence-corrected chi connectivity index (χ3v) is 4.54. The van der Waals surface area contributed by atoms with Crippen molar-refractivity contribution in [1.29, 1.82) is 0 Å². The molecule has 0 N–H and O–H groups in total. The number of halogens is 1. The van der Waals surface area contributed by atoms with E-state index in [1.807, 2.05) is 49.4 Å². The molecular weight excluding hydrogens is 378 g/mol. The normalized spacial score (nSPS) is 11.8. The highest BCUT2D eigenvalue weighted by Crippen LogP contribution is 2.33. The molecule has 0 atom stereocenters. The van der Waals surface area contributed by atoms with Gasteiger partial charge in [-0.2, -0.15) is 0 Å². The van der Waals surface area contributed by atoms with E-state index in [-0.39, 0.29) is 0 Å². The molecule has 0 unspecified atom stereocenters. The predicted molar refractivity (Wildman–Crippen MR) is 111 cm³/mol. The molecule has 1 aromatic heterocycles. The summed E-state index contributed by atoms with van der Waals surface area (Å²) in [5.74, 6) is 2.00. The van der Waals surface area contributed by atoms with Crippen molar-refractivity contribution in [2.75, 3.05) is 34.0 Å². The molecule has 1 heterocycles. The van der Waals surface area contributed by atoms with Crippen molar-refractivity contribution >= 4 is 22.6 Å². The summed E-state index contributed by atoms with van der Waals surface area (Å²) in [6.45, 7) is 4.06. The molecule has 0 fully saturated rings. The molecule has 28 heavy (non-hydrogen) atoms. The third-order valence-electron chi connectivity index (χ3n) is 4.31. The Balaban J connectivity index is 2.06. The van der Waals surface area contributed by atoms with Crippen LogP contribution in [-0.2, 0) is 4.74 Å². The fourth-order valence-corrected chi connectivity index (χ4v) is 3.09. The van der Waals surface area contributed by atoms with Crippen molar-refractivity contribution in [1.82, 2.24) is 0 Å². The van der Waals surface area contributed by atoms with Crippen LogP contribution in [0.3, 0.4) is 0 Å². The number of methoxy groups -OCH3 is 2. The van der Waals surface area contributed by atoms with Gasteiger partial charge in [-0.3, -0.25) is 4.99 Å². The van der Waals surface area contributed by atoms with E-state index in [0.717, 1.165) is 28.3 Å². The molecule has 0 saturated carbocycles. The molecule has 6 heteroatoms. The summed E-state index contributed by atoms with van der Waals surface area (Å²) in [4.78, 5) is 4.76. The minimum atomic E-state index is 0.640. The lowest BCUT2D eigenvalue weighted by Gasteiger charge is -2.10. The quantitative estimate of drug-likeness (QED) is 0.493. The first kappa shape index (κ1) is 20.2. The first-order valence-electron chi connectivity index (χ1n) is 9.20. The number of ether oxygens (including phenoxy) is 3. The van der Waals surface area contributed by atoms with Gasteiger partial charge in [0.2, 0.25) is 0 Å². The van der Waals surface area contributed by atoms with Crippen LogP contribution in [-0.4, -0.2) is 34.0 Å². The van der Waals surface area contributed by atoms with Crippen molar-refractivity contribution in [3.05, 3.63) is 52.8 Å². The highest BCUT2D eigenvalue weighted by Gasteiger charge is 2.10. The maximum Gasteiger partial charge on any atom is 0.161 e. The van der Waals surface area contributed by atoms with E-state index in [1.165, 1.54) is 0 Å². The first-order valence-corrected chi connectivity index (χ1v) is 9.58. The van der Waals surface area contributed by atoms with Crippen molar-refractivity contribution in [3.8, 4) is 22.8 Å². The van der Waals surface area contributed by atoms with Gasteiger partial charge in [0.15, 0.2) is 11.5 Å². The zero-order chi connectivity index (χ0) is 19.9. The Morgan fingerprint density at radius 3 is 2.57 bits per heavy atom. The molecule has 3 aromatic rings. The molecule has 0 bridgehead atoms. The van der Waals surface area contributed by atoms with E-state index in [1.54, 1.807) is 14.2 Å². The van der Waals surface area contributed by atoms with Crippen molar-refractivity contribution in [2.45, 2.75) is 13.3 Å². The molecule has 0 aliphatic heterocycles. The van der Waals surface area contributed by atoms with E-state index in [0.29, 0.717) is 42.0 Å². The number of nitrogens with zero attached hydrogens (tertiary/aromatic N) is 1. The molecule has 148 valence electrons. The number of hydrogen-bond acceptors (Lipinski definition) is 5. The SMILES string of the molecule is CCOCCCN=c1cc(-c2ccc(OC)c(OC)c2)oc2ccc(Cl)cc12. The van der Waals surface area contributed by atoms with Gasteiger partial charge in [-0.1, -0.05) is 11.6 Å². The van der Waals surface area contributed by atoms with E-state index in [4.69, 9.17) is 35.2 Å². The monoisotopic (exact) mass is 401 g/mol. The van der Waals surface area contributed by atoms with E-state index in [2.05, 4.69) is 0 Å². The fraction of sp³-hybridized carbons (Fsp3) is 0.318. The molecule has 0 aliphatic rings. The topological polar surface area (TPSA) is 53.2 Å². The zero-order valence-electron chi connectivity index (χ0n) is 16.3. The van der Waals surface area contributed by atoms with Crippen molar-refractivity contribution < 1.29 is 18.6 Å². The van der Waals surface area contributed by atoms with Crippen LogP contribution in [0.4, 0.5) is 0 Å². The summed E-state index contributed by atoms with van der Waals surface area (Å²) in [5.41, 5.74) is 1.60. The van der Waals surface area contributed by atoms with Gasteiger partial charge >= 0.3 is 0 Å². The van der Waals surface area contributed by atoms with Crippen LogP contribution in [0.2, 0.25) is 5.02 Å². The van der Waals surface area contributed by atoms with Gasteiger partial charge < -0.3 is 18.6 Å². The minimum absolute atomic E-state index is 0.640. The second-order valence-electron chi connectivity index (χ2n) is 6.14. The second-order valence-corrected chi connectivity index (χ2v) is 6.57. The third kappa shape index (κ3) is 4.66. The van der Waals surface area contributed by atoms with Crippen LogP contribution in [0, 0.1) is 0 Å². The maximum atomic E-state index is 6.19. The molecule has 5 nitrogen and oxygen atoms in total. The lowest BCUT2D eigenvalue weighted by molar-refractivity contribution is 0.146. The Morgan fingerprint density at radius 1 is 1.00 bits per heavy atom. The summed E-state index contributed by atoms with van der Waals surface area (Å²) in [5, 5.41) is 2.37. The number of rotatable bonds is 8. The van der Waals surface area contributed by atoms with Crippen LogP contribution >= 0.6 is 11.6 Å². The van der Waals surface area contributed by atoms with Crippen LogP contribution < -0.4 is 14.8 Å². The second kappa shape index (κ2) is 9.62. The summed E-state index contributed by atoms with van der Waals surface area (Å²) in [6, 6.07) is 13.2. The highest BCUT2D eigenvalue weighted by molar-refractivity contribution is 6.31. The Labute approximate surface area is 169 Å². The van der Waals surface area contributed by atoms with Crippen LogP contribution in [0.1, 0.15) is 13.3 Å². The molecule has 0 amide bonds. The predicted octanol–water partition coefficient (Wildman–Crippen LogP) is 5.10. The largest absolute Gasteiger partial charge is 0.493 e. The fourth-order valence-electron chi connectivity index (χ4n) is 2.91. The highest BCUT2D eigenvalue weighted by atomic mass is 35.5. The standard InChI is InChI=1S/C22H24ClNO4/c1-4-27-11-5-10-24-18-14-21(28-19-9-7-16(23)13-17(18)19)15-6-8-20(25-2)22(12-15)26-3/h6-9,12-14H,4-5,10-11H2,1-3H3. The summed E-state index contributed by atoms with van der Waals surface area (Å²) >= 11 is 6.19. The molecule has 0 radical (unpaired) electrons. The lowest BCUT2D eigenvalue weighted by Crippen LogP contribution is -2.06. The molecule has 0 spiro atoms. The van der Waals surface area contributed by atoms with E-state index in [9.17, 15) is 0 Å². The van der Waals surface area contributed by atoms with Crippen molar-refractivity contribution in [2.24, 2.45) is 4.99 Å². The van der Waals surface area contributed by atoms with Gasteiger partial charge in [0.1, 0.15) is 11.3 Å². The molecule has 3 rings (SSSR count). The molecule has 2 aromatic carbocycles. The van der Waals surface area contributed by atoms with Crippen LogP contribution in [0.15, 0.2) is 51.9 Å². The lowest BCUT2D eigenvalue weighted by atomic mass is 10.1. The summed E-state index contributed by atoms with van der Waals surface area (Å²) in [6.07, 6.45) is 0.855. The Kier molecular flexibility index (Phi) is 6.95. The van der Waals surface area contributed by atoms with Gasteiger partial charge in [0.05, 0.1) is 19.6 Å². The van der Waals surface area contributed by atoms with Gasteiger partial charge in [0, 0.05) is 41.8 Å². The van der Waals surface area contributed by atoms with Gasteiger partial charge in [0.25, 0.3) is 0 Å². The molecule has 0 aliphatic carbocycles. The Bertz CT molecular complexity index is 1010. The van der Waals surface area contributed by atoms with Gasteiger partial charge in [-0.15, -0.1) is 0 Å². The summed E-state index contributed by atoms with van der Waals surface area (Å²) in [7, 11) is 3.22. The zero-order valence-corrected chi connectivity index (χ0v) is 17.1. The average molecular weight is 402 g/mol. The maximum absolute atomic E-state index is 6.19. The van der Waals surface area contributed by atoms with E-state index >= 15 is 0 Å². The Morgan fingerprint density at radius 2 is 1.82 bits per heavy atom. The number of benzene rings is 2. The first-order chi connectivity index (χ1) is 13.7. The minimum Gasteiger partial charge on any atom is -0.493 e. The van der Waals surface area contributed by atoms with Gasteiger partial charge in [-0.25, -0.2) is 0 Å². The summed E-state index contributed by atoms with van der Waals surface area (Å²) < 4.78 is 22.2. The van der Waals surface area contributed by atoms with Crippen LogP contribution in [0.25, 0.3) is 22.3 Å². The average Bonchev–Trinajstić information content (AvgIpc) is 2.73. The number of hydrogen-bond donors (Lipinski definition) is 0.